The van der Waals surface area contributed by atoms with Crippen molar-refractivity contribution < 1.29 is 14.7 Å². The van der Waals surface area contributed by atoms with Crippen molar-refractivity contribution in [1.29, 1.82) is 0 Å². The molecule has 0 aliphatic carbocycles. The molecule has 140 valence electrons. The minimum Gasteiger partial charge on any atom is -0.481 e. The number of aliphatic carboxylic acids is 1. The van der Waals surface area contributed by atoms with E-state index < -0.39 is 11.9 Å². The first kappa shape index (κ1) is 19.9. The van der Waals surface area contributed by atoms with Gasteiger partial charge >= 0.3 is 12.0 Å². The minimum absolute atomic E-state index is 0.157. The lowest BCUT2D eigenvalue weighted by Gasteiger charge is -2.22. The van der Waals surface area contributed by atoms with Crippen molar-refractivity contribution in [3.8, 4) is 10.6 Å². The van der Waals surface area contributed by atoms with Crippen LogP contribution in [0.4, 0.5) is 4.79 Å². The summed E-state index contributed by atoms with van der Waals surface area (Å²) in [4.78, 5) is 30.3. The van der Waals surface area contributed by atoms with Gasteiger partial charge in [0.1, 0.15) is 5.01 Å². The number of carboxylic acids is 1. The van der Waals surface area contributed by atoms with Crippen molar-refractivity contribution in [2.45, 2.75) is 33.7 Å². The van der Waals surface area contributed by atoms with Gasteiger partial charge in [0.15, 0.2) is 0 Å². The third kappa shape index (κ3) is 4.82. The standard InChI is InChI=1S/C19H25N3O3S/c1-11-6-8-15(9-7-11)17-20-13(3)16(26-17)14(4)21-19(25)22(5)10-12(2)18(23)24/h6-9,12,14H,10H2,1-5H3,(H,21,25)(H,23,24). The van der Waals surface area contributed by atoms with Gasteiger partial charge in [-0.2, -0.15) is 0 Å². The van der Waals surface area contributed by atoms with Crippen LogP contribution in [0, 0.1) is 19.8 Å². The van der Waals surface area contributed by atoms with Gasteiger partial charge in [0.05, 0.1) is 22.5 Å². The first-order chi connectivity index (χ1) is 12.2. The van der Waals surface area contributed by atoms with Crippen LogP contribution in [-0.4, -0.2) is 40.6 Å². The number of aromatic nitrogens is 1. The van der Waals surface area contributed by atoms with Gasteiger partial charge in [-0.1, -0.05) is 36.8 Å². The first-order valence-corrected chi connectivity index (χ1v) is 9.29. The number of carboxylic acid groups (broad SMARTS) is 1. The molecule has 0 aliphatic rings. The topological polar surface area (TPSA) is 82.5 Å². The Kier molecular flexibility index (Phi) is 6.37. The average molecular weight is 375 g/mol. The fourth-order valence-corrected chi connectivity index (χ4v) is 3.64. The minimum atomic E-state index is -0.918. The summed E-state index contributed by atoms with van der Waals surface area (Å²) in [5.74, 6) is -1.53. The zero-order valence-corrected chi connectivity index (χ0v) is 16.6. The number of carbonyl (C=O) groups is 2. The lowest BCUT2D eigenvalue weighted by molar-refractivity contribution is -0.141. The van der Waals surface area contributed by atoms with Crippen LogP contribution in [0.2, 0.25) is 0 Å². The molecule has 0 bridgehead atoms. The van der Waals surface area contributed by atoms with Crippen LogP contribution in [0.25, 0.3) is 10.6 Å². The fourth-order valence-electron chi connectivity index (χ4n) is 2.56. The molecule has 2 amide bonds. The molecule has 0 aliphatic heterocycles. The molecular weight excluding hydrogens is 350 g/mol. The lowest BCUT2D eigenvalue weighted by Crippen LogP contribution is -2.41. The normalized spacial score (nSPS) is 13.1. The number of thiazole rings is 1. The zero-order chi connectivity index (χ0) is 19.4. The molecule has 2 atom stereocenters. The summed E-state index contributed by atoms with van der Waals surface area (Å²) < 4.78 is 0. The number of hydrogen-bond donors (Lipinski definition) is 2. The third-order valence-corrected chi connectivity index (χ3v) is 5.57. The Hall–Kier alpha value is -2.41. The van der Waals surface area contributed by atoms with Crippen molar-refractivity contribution in [3.63, 3.8) is 0 Å². The lowest BCUT2D eigenvalue weighted by atomic mass is 10.2. The first-order valence-electron chi connectivity index (χ1n) is 8.47. The van der Waals surface area contributed by atoms with E-state index in [0.29, 0.717) is 0 Å². The summed E-state index contributed by atoms with van der Waals surface area (Å²) in [6.45, 7) is 7.62. The Morgan fingerprint density at radius 2 is 1.85 bits per heavy atom. The third-order valence-electron chi connectivity index (χ3n) is 4.18. The van der Waals surface area contributed by atoms with E-state index in [1.807, 2.05) is 32.9 Å². The number of amides is 2. The maximum atomic E-state index is 12.3. The molecule has 2 aromatic rings. The molecule has 6 nitrogen and oxygen atoms in total. The van der Waals surface area contributed by atoms with E-state index in [0.717, 1.165) is 21.1 Å². The maximum Gasteiger partial charge on any atom is 0.317 e. The van der Waals surface area contributed by atoms with E-state index in [1.165, 1.54) is 10.5 Å². The van der Waals surface area contributed by atoms with Crippen LogP contribution in [0.15, 0.2) is 24.3 Å². The number of aryl methyl sites for hydroxylation is 2. The van der Waals surface area contributed by atoms with Crippen LogP contribution in [0.5, 0.6) is 0 Å². The smallest absolute Gasteiger partial charge is 0.317 e. The molecule has 0 fully saturated rings. The highest BCUT2D eigenvalue weighted by atomic mass is 32.1. The number of carbonyl (C=O) groups excluding carboxylic acids is 1. The molecule has 0 saturated carbocycles. The number of benzene rings is 1. The zero-order valence-electron chi connectivity index (χ0n) is 15.7. The molecule has 1 heterocycles. The van der Waals surface area contributed by atoms with Crippen molar-refractivity contribution in [2.75, 3.05) is 13.6 Å². The Bertz CT molecular complexity index is 786. The summed E-state index contributed by atoms with van der Waals surface area (Å²) >= 11 is 1.56. The summed E-state index contributed by atoms with van der Waals surface area (Å²) in [6.07, 6.45) is 0. The van der Waals surface area contributed by atoms with E-state index in [2.05, 4.69) is 22.4 Å². The highest BCUT2D eigenvalue weighted by Gasteiger charge is 2.21. The van der Waals surface area contributed by atoms with Gasteiger partial charge in [-0.15, -0.1) is 11.3 Å². The second-order valence-electron chi connectivity index (χ2n) is 6.63. The highest BCUT2D eigenvalue weighted by molar-refractivity contribution is 7.15. The van der Waals surface area contributed by atoms with Crippen molar-refractivity contribution in [2.24, 2.45) is 5.92 Å². The van der Waals surface area contributed by atoms with Gasteiger partial charge < -0.3 is 15.3 Å². The molecule has 1 aromatic carbocycles. The molecule has 7 heteroatoms. The summed E-state index contributed by atoms with van der Waals surface area (Å²) in [7, 11) is 1.60. The van der Waals surface area contributed by atoms with Crippen molar-refractivity contribution >= 4 is 23.3 Å². The molecule has 2 N–H and O–H groups in total. The monoisotopic (exact) mass is 375 g/mol. The molecule has 0 radical (unpaired) electrons. The summed E-state index contributed by atoms with van der Waals surface area (Å²) in [5.41, 5.74) is 3.14. The molecule has 2 unspecified atom stereocenters. The Labute approximate surface area is 157 Å². The largest absolute Gasteiger partial charge is 0.481 e. The van der Waals surface area contributed by atoms with E-state index in [1.54, 1.807) is 25.3 Å². The summed E-state index contributed by atoms with van der Waals surface area (Å²) in [5, 5.41) is 12.8. The summed E-state index contributed by atoms with van der Waals surface area (Å²) in [6, 6.07) is 7.69. The fraction of sp³-hybridized carbons (Fsp3) is 0.421. The van der Waals surface area contributed by atoms with E-state index in [9.17, 15) is 9.59 Å². The Morgan fingerprint density at radius 1 is 1.23 bits per heavy atom. The Morgan fingerprint density at radius 3 is 2.42 bits per heavy atom. The van der Waals surface area contributed by atoms with E-state index in [-0.39, 0.29) is 18.6 Å². The van der Waals surface area contributed by atoms with Gasteiger partial charge in [-0.25, -0.2) is 9.78 Å². The van der Waals surface area contributed by atoms with Crippen LogP contribution < -0.4 is 5.32 Å². The van der Waals surface area contributed by atoms with Crippen molar-refractivity contribution in [1.82, 2.24) is 15.2 Å². The average Bonchev–Trinajstić information content (AvgIpc) is 2.97. The molecule has 0 saturated heterocycles. The van der Waals surface area contributed by atoms with Gasteiger partial charge in [0.2, 0.25) is 0 Å². The molecular formula is C19H25N3O3S. The number of nitrogens with zero attached hydrogens (tertiary/aromatic N) is 2. The van der Waals surface area contributed by atoms with Crippen LogP contribution in [-0.2, 0) is 4.79 Å². The number of rotatable bonds is 6. The van der Waals surface area contributed by atoms with E-state index in [4.69, 9.17) is 5.11 Å². The number of hydrogen-bond acceptors (Lipinski definition) is 4. The highest BCUT2D eigenvalue weighted by Crippen LogP contribution is 2.31. The predicted molar refractivity (Wildman–Crippen MR) is 103 cm³/mol. The SMILES string of the molecule is Cc1ccc(-c2nc(C)c(C(C)NC(=O)N(C)CC(C)C(=O)O)s2)cc1. The molecule has 2 rings (SSSR count). The second-order valence-corrected chi connectivity index (χ2v) is 7.66. The molecule has 26 heavy (non-hydrogen) atoms. The molecule has 0 spiro atoms. The predicted octanol–water partition coefficient (Wildman–Crippen LogP) is 3.85. The van der Waals surface area contributed by atoms with Crippen LogP contribution in [0.1, 0.15) is 36.0 Å². The number of urea groups is 1. The quantitative estimate of drug-likeness (QED) is 0.803. The maximum absolute atomic E-state index is 12.3. The van der Waals surface area contributed by atoms with Crippen molar-refractivity contribution in [3.05, 3.63) is 40.4 Å². The van der Waals surface area contributed by atoms with Gasteiger partial charge in [-0.05, 0) is 20.8 Å². The van der Waals surface area contributed by atoms with Crippen LogP contribution in [0.3, 0.4) is 0 Å². The van der Waals surface area contributed by atoms with Gasteiger partial charge in [-0.3, -0.25) is 4.79 Å². The number of nitrogens with one attached hydrogen (secondary N) is 1. The Balaban J connectivity index is 2.07. The molecule has 1 aromatic heterocycles. The van der Waals surface area contributed by atoms with Crippen LogP contribution >= 0.6 is 11.3 Å². The second kappa shape index (κ2) is 8.31. The van der Waals surface area contributed by atoms with E-state index >= 15 is 0 Å². The van der Waals surface area contributed by atoms with Gasteiger partial charge in [0.25, 0.3) is 0 Å². The van der Waals surface area contributed by atoms with Gasteiger partial charge in [0, 0.05) is 19.2 Å².